The number of rotatable bonds is 6. The average molecular weight is 256 g/mol. The van der Waals surface area contributed by atoms with Crippen LogP contribution in [0.4, 0.5) is 4.39 Å². The highest BCUT2D eigenvalue weighted by atomic mass is 19.1. The number of methoxy groups -OCH3 is 2. The van der Waals surface area contributed by atoms with Gasteiger partial charge in [-0.05, 0) is 26.3 Å². The maximum absolute atomic E-state index is 14.1. The average Bonchev–Trinajstić information content (AvgIpc) is 2.36. The highest BCUT2D eigenvalue weighted by molar-refractivity contribution is 5.33. The minimum atomic E-state index is -0.396. The molecule has 0 heterocycles. The Morgan fingerprint density at radius 1 is 1.39 bits per heavy atom. The fraction of sp³-hybridized carbons (Fsp3) is 0.538. The molecule has 0 saturated carbocycles. The van der Waals surface area contributed by atoms with E-state index in [4.69, 9.17) is 15.3 Å². The lowest BCUT2D eigenvalue weighted by atomic mass is 9.93. The highest BCUT2D eigenvalue weighted by Gasteiger charge is 2.26. The molecule has 5 heteroatoms. The van der Waals surface area contributed by atoms with Crippen LogP contribution in [-0.2, 0) is 4.74 Å². The molecule has 0 fully saturated rings. The second-order valence-corrected chi connectivity index (χ2v) is 4.75. The molecular weight excluding hydrogens is 235 g/mol. The summed E-state index contributed by atoms with van der Waals surface area (Å²) < 4.78 is 24.4. The predicted molar refractivity (Wildman–Crippen MR) is 68.7 cm³/mol. The number of ether oxygens (including phenoxy) is 2. The van der Waals surface area contributed by atoms with Crippen LogP contribution in [-0.4, -0.2) is 19.8 Å². The van der Waals surface area contributed by atoms with Gasteiger partial charge in [0.1, 0.15) is 0 Å². The molecule has 0 radical (unpaired) electrons. The van der Waals surface area contributed by atoms with Crippen LogP contribution in [0.25, 0.3) is 0 Å². The normalized spacial score (nSPS) is 13.4. The predicted octanol–water partition coefficient (Wildman–Crippen LogP) is 2.15. The molecule has 0 bridgehead atoms. The van der Waals surface area contributed by atoms with Crippen molar-refractivity contribution in [2.45, 2.75) is 31.9 Å². The summed E-state index contributed by atoms with van der Waals surface area (Å²) in [6.45, 7) is 3.85. The van der Waals surface area contributed by atoms with Crippen LogP contribution in [0.3, 0.4) is 0 Å². The van der Waals surface area contributed by atoms with Crippen LogP contribution in [0, 0.1) is 5.82 Å². The van der Waals surface area contributed by atoms with Crippen molar-refractivity contribution in [3.05, 3.63) is 29.6 Å². The molecule has 1 unspecified atom stereocenters. The van der Waals surface area contributed by atoms with Gasteiger partial charge < -0.3 is 9.47 Å². The lowest BCUT2D eigenvalue weighted by Gasteiger charge is -2.28. The van der Waals surface area contributed by atoms with Gasteiger partial charge in [-0.2, -0.15) is 0 Å². The molecule has 3 N–H and O–H groups in total. The van der Waals surface area contributed by atoms with E-state index >= 15 is 0 Å². The summed E-state index contributed by atoms with van der Waals surface area (Å²) in [6, 6.07) is 4.67. The molecule has 0 aromatic heterocycles. The number of nitrogens with one attached hydrogen (secondary N) is 1. The molecule has 1 atom stereocenters. The molecule has 1 aromatic carbocycles. The maximum Gasteiger partial charge on any atom is 0.169 e. The smallest absolute Gasteiger partial charge is 0.169 e. The van der Waals surface area contributed by atoms with E-state index in [0.29, 0.717) is 12.0 Å². The molecule has 1 rings (SSSR count). The molecule has 0 saturated heterocycles. The van der Waals surface area contributed by atoms with Gasteiger partial charge in [0.05, 0.1) is 18.8 Å². The molecule has 0 aliphatic rings. The van der Waals surface area contributed by atoms with Crippen LogP contribution in [0.5, 0.6) is 5.75 Å². The lowest BCUT2D eigenvalue weighted by Crippen LogP contribution is -2.35. The number of benzene rings is 1. The van der Waals surface area contributed by atoms with Crippen molar-refractivity contribution in [1.29, 1.82) is 0 Å². The summed E-state index contributed by atoms with van der Waals surface area (Å²) in [5, 5.41) is 0. The van der Waals surface area contributed by atoms with Gasteiger partial charge in [-0.1, -0.05) is 12.1 Å². The van der Waals surface area contributed by atoms with Gasteiger partial charge in [-0.15, -0.1) is 0 Å². The third-order valence-corrected chi connectivity index (χ3v) is 3.04. The van der Waals surface area contributed by atoms with Crippen LogP contribution in [0.2, 0.25) is 0 Å². The molecule has 18 heavy (non-hydrogen) atoms. The number of hydrogen-bond acceptors (Lipinski definition) is 4. The second kappa shape index (κ2) is 6.13. The van der Waals surface area contributed by atoms with Crippen LogP contribution in [0.15, 0.2) is 18.2 Å². The van der Waals surface area contributed by atoms with Crippen LogP contribution < -0.4 is 16.0 Å². The summed E-state index contributed by atoms with van der Waals surface area (Å²) in [4.78, 5) is 0. The van der Waals surface area contributed by atoms with Gasteiger partial charge in [0.25, 0.3) is 0 Å². The second-order valence-electron chi connectivity index (χ2n) is 4.75. The van der Waals surface area contributed by atoms with Gasteiger partial charge in [0.15, 0.2) is 11.6 Å². The molecule has 0 amide bonds. The Bertz CT molecular complexity index is 397. The third kappa shape index (κ3) is 3.41. The molecular formula is C13H21FN2O2. The summed E-state index contributed by atoms with van der Waals surface area (Å²) in [5.41, 5.74) is 2.70. The van der Waals surface area contributed by atoms with Crippen LogP contribution in [0.1, 0.15) is 31.9 Å². The first-order valence-corrected chi connectivity index (χ1v) is 5.79. The summed E-state index contributed by atoms with van der Waals surface area (Å²) in [7, 11) is 3.06. The Hall–Kier alpha value is -1.17. The topological polar surface area (TPSA) is 56.5 Å². The van der Waals surface area contributed by atoms with E-state index in [-0.39, 0.29) is 11.8 Å². The Balaban J connectivity index is 3.02. The van der Waals surface area contributed by atoms with Crippen molar-refractivity contribution < 1.29 is 13.9 Å². The van der Waals surface area contributed by atoms with E-state index in [1.807, 2.05) is 13.8 Å². The molecule has 102 valence electrons. The van der Waals surface area contributed by atoms with Crippen molar-refractivity contribution in [2.75, 3.05) is 14.2 Å². The summed E-state index contributed by atoms with van der Waals surface area (Å²) >= 11 is 0. The largest absolute Gasteiger partial charge is 0.494 e. The third-order valence-electron chi connectivity index (χ3n) is 3.04. The first-order chi connectivity index (χ1) is 8.45. The van der Waals surface area contributed by atoms with E-state index in [0.717, 1.165) is 0 Å². The Kier molecular flexibility index (Phi) is 5.07. The zero-order valence-electron chi connectivity index (χ0n) is 11.3. The monoisotopic (exact) mass is 256 g/mol. The molecule has 0 aliphatic carbocycles. The number of nitrogens with two attached hydrogens (primary N) is 1. The number of halogens is 1. The molecule has 4 nitrogen and oxygen atoms in total. The number of hydrogen-bond donors (Lipinski definition) is 2. The van der Waals surface area contributed by atoms with Gasteiger partial charge in [0.2, 0.25) is 0 Å². The minimum Gasteiger partial charge on any atom is -0.494 e. The Morgan fingerprint density at radius 3 is 2.56 bits per heavy atom. The maximum atomic E-state index is 14.1. The van der Waals surface area contributed by atoms with E-state index in [1.165, 1.54) is 7.11 Å². The lowest BCUT2D eigenvalue weighted by molar-refractivity contribution is 0.00651. The van der Waals surface area contributed by atoms with E-state index < -0.39 is 11.4 Å². The van der Waals surface area contributed by atoms with Gasteiger partial charge in [0, 0.05) is 12.7 Å². The summed E-state index contributed by atoms with van der Waals surface area (Å²) in [5.74, 6) is 5.33. The minimum absolute atomic E-state index is 0.211. The molecule has 0 spiro atoms. The van der Waals surface area contributed by atoms with E-state index in [2.05, 4.69) is 5.43 Å². The standard InChI is InChI=1S/C13H21FN2O2/c1-13(2,18-4)8-10(16-15)9-6-5-7-11(17-3)12(9)14/h5-7,10,16H,8,15H2,1-4H3. The van der Waals surface area contributed by atoms with Crippen molar-refractivity contribution in [3.8, 4) is 5.75 Å². The SMILES string of the molecule is COc1cccc(C(CC(C)(C)OC)NN)c1F. The Morgan fingerprint density at radius 2 is 2.06 bits per heavy atom. The highest BCUT2D eigenvalue weighted by Crippen LogP contribution is 2.30. The zero-order valence-corrected chi connectivity index (χ0v) is 11.3. The fourth-order valence-electron chi connectivity index (χ4n) is 1.79. The fourth-order valence-corrected chi connectivity index (χ4v) is 1.79. The first-order valence-electron chi connectivity index (χ1n) is 5.79. The van der Waals surface area contributed by atoms with Gasteiger partial charge in [-0.3, -0.25) is 11.3 Å². The molecule has 0 aliphatic heterocycles. The van der Waals surface area contributed by atoms with Crippen molar-refractivity contribution in [2.24, 2.45) is 5.84 Å². The first kappa shape index (κ1) is 14.9. The van der Waals surface area contributed by atoms with Crippen LogP contribution >= 0.6 is 0 Å². The number of hydrazine groups is 1. The summed E-state index contributed by atoms with van der Waals surface area (Å²) in [6.07, 6.45) is 0.546. The van der Waals surface area contributed by atoms with E-state index in [1.54, 1.807) is 25.3 Å². The van der Waals surface area contributed by atoms with Gasteiger partial charge >= 0.3 is 0 Å². The van der Waals surface area contributed by atoms with Crippen molar-refractivity contribution >= 4 is 0 Å². The molecule has 1 aromatic rings. The Labute approximate surface area is 107 Å². The zero-order chi connectivity index (χ0) is 13.8. The van der Waals surface area contributed by atoms with Crippen molar-refractivity contribution in [3.63, 3.8) is 0 Å². The van der Waals surface area contributed by atoms with Gasteiger partial charge in [-0.25, -0.2) is 4.39 Å². The van der Waals surface area contributed by atoms with E-state index in [9.17, 15) is 4.39 Å². The quantitative estimate of drug-likeness (QED) is 0.605. The van der Waals surface area contributed by atoms with Crippen molar-refractivity contribution in [1.82, 2.24) is 5.43 Å².